The number of nitrogens with zero attached hydrogens (tertiary/aromatic N) is 1. The molecule has 0 spiro atoms. The first kappa shape index (κ1) is 13.1. The van der Waals surface area contributed by atoms with Gasteiger partial charge in [-0.05, 0) is 45.0 Å². The lowest BCUT2D eigenvalue weighted by molar-refractivity contribution is 0.459. The average Bonchev–Trinajstić information content (AvgIpc) is 2.83. The molecule has 0 amide bonds. The zero-order valence-electron chi connectivity index (χ0n) is 10.9. The molecule has 2 aromatic rings. The number of rotatable bonds is 2. The molecule has 1 N–H and O–H groups in total. The highest BCUT2D eigenvalue weighted by atomic mass is 35.5. The summed E-state index contributed by atoms with van der Waals surface area (Å²) in [7, 11) is 0. The van der Waals surface area contributed by atoms with Gasteiger partial charge in [-0.25, -0.2) is 4.98 Å². The lowest BCUT2D eigenvalue weighted by Crippen LogP contribution is -2.26. The van der Waals surface area contributed by atoms with Gasteiger partial charge in [0.1, 0.15) is 0 Å². The Kier molecular flexibility index (Phi) is 3.87. The molecule has 2 nitrogen and oxygen atoms in total. The van der Waals surface area contributed by atoms with Gasteiger partial charge in [-0.15, -0.1) is 11.3 Å². The van der Waals surface area contributed by atoms with E-state index in [4.69, 9.17) is 16.6 Å². The first-order valence-corrected chi connectivity index (χ1v) is 7.87. The van der Waals surface area contributed by atoms with E-state index in [0.717, 1.165) is 23.8 Å². The number of thiazole rings is 1. The van der Waals surface area contributed by atoms with E-state index in [1.54, 1.807) is 0 Å². The molecule has 1 fully saturated rings. The molecule has 1 aromatic heterocycles. The van der Waals surface area contributed by atoms with Gasteiger partial charge < -0.3 is 5.32 Å². The zero-order valence-corrected chi connectivity index (χ0v) is 12.5. The quantitative estimate of drug-likeness (QED) is 0.895. The standard InChI is InChI=1S/C15H17ClN2S/c1-10-14(11-2-4-13(16)5-3-11)18-15(19-10)12-6-8-17-9-7-12/h2-5,12,17H,6-9H2,1H3. The smallest absolute Gasteiger partial charge is 0.0967 e. The minimum absolute atomic E-state index is 0.631. The largest absolute Gasteiger partial charge is 0.317 e. The number of aryl methyl sites for hydroxylation is 1. The van der Waals surface area contributed by atoms with Crippen molar-refractivity contribution in [2.45, 2.75) is 25.7 Å². The number of halogens is 1. The molecule has 0 unspecified atom stereocenters. The van der Waals surface area contributed by atoms with Gasteiger partial charge in [-0.1, -0.05) is 23.7 Å². The Hall–Kier alpha value is -0.900. The van der Waals surface area contributed by atoms with Crippen LogP contribution in [0.15, 0.2) is 24.3 Å². The van der Waals surface area contributed by atoms with E-state index in [0.29, 0.717) is 5.92 Å². The predicted octanol–water partition coefficient (Wildman–Crippen LogP) is 4.24. The van der Waals surface area contributed by atoms with Crippen LogP contribution in [0.25, 0.3) is 11.3 Å². The van der Waals surface area contributed by atoms with Crippen LogP contribution in [0.3, 0.4) is 0 Å². The molecule has 0 saturated carbocycles. The van der Waals surface area contributed by atoms with Gasteiger partial charge in [0.05, 0.1) is 10.7 Å². The average molecular weight is 293 g/mol. The van der Waals surface area contributed by atoms with Gasteiger partial charge in [0, 0.05) is 21.4 Å². The summed E-state index contributed by atoms with van der Waals surface area (Å²) >= 11 is 7.79. The maximum atomic E-state index is 5.94. The van der Waals surface area contributed by atoms with Crippen molar-refractivity contribution in [3.63, 3.8) is 0 Å². The second-order valence-corrected chi connectivity index (χ2v) is 6.66. The molecule has 1 aliphatic rings. The minimum atomic E-state index is 0.631. The second-order valence-electron chi connectivity index (χ2n) is 4.99. The molecule has 0 radical (unpaired) electrons. The van der Waals surface area contributed by atoms with E-state index in [1.165, 1.54) is 28.3 Å². The Bertz CT molecular complexity index is 556. The Labute approximate surface area is 122 Å². The highest BCUT2D eigenvalue weighted by Crippen LogP contribution is 2.34. The van der Waals surface area contributed by atoms with Gasteiger partial charge in [0.15, 0.2) is 0 Å². The highest BCUT2D eigenvalue weighted by molar-refractivity contribution is 7.12. The van der Waals surface area contributed by atoms with Crippen molar-refractivity contribution in [2.75, 3.05) is 13.1 Å². The second kappa shape index (κ2) is 5.61. The van der Waals surface area contributed by atoms with Gasteiger partial charge in [-0.3, -0.25) is 0 Å². The molecule has 100 valence electrons. The molecule has 2 heterocycles. The lowest BCUT2D eigenvalue weighted by Gasteiger charge is -2.20. The molecule has 1 saturated heterocycles. The molecule has 1 aromatic carbocycles. The number of hydrogen-bond acceptors (Lipinski definition) is 3. The molecular weight excluding hydrogens is 276 g/mol. The molecule has 19 heavy (non-hydrogen) atoms. The number of piperidine rings is 1. The summed E-state index contributed by atoms with van der Waals surface area (Å²) in [5.74, 6) is 0.631. The van der Waals surface area contributed by atoms with Crippen molar-refractivity contribution >= 4 is 22.9 Å². The van der Waals surface area contributed by atoms with Crippen LogP contribution in [0.4, 0.5) is 0 Å². The Morgan fingerprint density at radius 1 is 1.21 bits per heavy atom. The Balaban J connectivity index is 1.90. The van der Waals surface area contributed by atoms with E-state index in [2.05, 4.69) is 24.4 Å². The van der Waals surface area contributed by atoms with Crippen molar-refractivity contribution in [2.24, 2.45) is 0 Å². The first-order valence-electron chi connectivity index (χ1n) is 6.68. The predicted molar refractivity (Wildman–Crippen MR) is 82.1 cm³/mol. The van der Waals surface area contributed by atoms with Crippen LogP contribution in [-0.2, 0) is 0 Å². The fourth-order valence-electron chi connectivity index (χ4n) is 2.54. The lowest BCUT2D eigenvalue weighted by atomic mass is 9.99. The third-order valence-corrected chi connectivity index (χ3v) is 5.00. The van der Waals surface area contributed by atoms with Crippen LogP contribution in [0.2, 0.25) is 5.02 Å². The zero-order chi connectivity index (χ0) is 13.2. The fourth-order valence-corrected chi connectivity index (χ4v) is 3.78. The third-order valence-electron chi connectivity index (χ3n) is 3.62. The van der Waals surface area contributed by atoms with E-state index >= 15 is 0 Å². The molecule has 0 bridgehead atoms. The van der Waals surface area contributed by atoms with Crippen molar-refractivity contribution in [3.05, 3.63) is 39.2 Å². The fraction of sp³-hybridized carbons (Fsp3) is 0.400. The number of aromatic nitrogens is 1. The van der Waals surface area contributed by atoms with Gasteiger partial charge in [0.25, 0.3) is 0 Å². The topological polar surface area (TPSA) is 24.9 Å². The molecule has 0 aliphatic carbocycles. The molecule has 3 rings (SSSR count). The summed E-state index contributed by atoms with van der Waals surface area (Å²) in [6.07, 6.45) is 2.40. The number of benzene rings is 1. The molecule has 4 heteroatoms. The summed E-state index contributed by atoms with van der Waals surface area (Å²) < 4.78 is 0. The van der Waals surface area contributed by atoms with Crippen LogP contribution >= 0.6 is 22.9 Å². The maximum Gasteiger partial charge on any atom is 0.0967 e. The summed E-state index contributed by atoms with van der Waals surface area (Å²) in [6.45, 7) is 4.38. The van der Waals surface area contributed by atoms with E-state index in [-0.39, 0.29) is 0 Å². The van der Waals surface area contributed by atoms with Crippen molar-refractivity contribution in [3.8, 4) is 11.3 Å². The van der Waals surface area contributed by atoms with Crippen LogP contribution in [0, 0.1) is 6.92 Å². The molecule has 0 atom stereocenters. The van der Waals surface area contributed by atoms with E-state index < -0.39 is 0 Å². The van der Waals surface area contributed by atoms with E-state index in [9.17, 15) is 0 Å². The van der Waals surface area contributed by atoms with Crippen molar-refractivity contribution < 1.29 is 0 Å². The molecule has 1 aliphatic heterocycles. The SMILES string of the molecule is Cc1sc(C2CCNCC2)nc1-c1ccc(Cl)cc1. The number of hydrogen-bond donors (Lipinski definition) is 1. The number of nitrogens with one attached hydrogen (secondary N) is 1. The van der Waals surface area contributed by atoms with Crippen LogP contribution in [-0.4, -0.2) is 18.1 Å². The van der Waals surface area contributed by atoms with Crippen molar-refractivity contribution in [1.82, 2.24) is 10.3 Å². The minimum Gasteiger partial charge on any atom is -0.317 e. The van der Waals surface area contributed by atoms with E-state index in [1.807, 2.05) is 23.5 Å². The first-order chi connectivity index (χ1) is 9.24. The van der Waals surface area contributed by atoms with Crippen LogP contribution in [0.5, 0.6) is 0 Å². The van der Waals surface area contributed by atoms with Gasteiger partial charge in [0.2, 0.25) is 0 Å². The van der Waals surface area contributed by atoms with Crippen LogP contribution < -0.4 is 5.32 Å². The van der Waals surface area contributed by atoms with Gasteiger partial charge in [-0.2, -0.15) is 0 Å². The highest BCUT2D eigenvalue weighted by Gasteiger charge is 2.20. The monoisotopic (exact) mass is 292 g/mol. The normalized spacial score (nSPS) is 16.7. The summed E-state index contributed by atoms with van der Waals surface area (Å²) in [5.41, 5.74) is 2.29. The van der Waals surface area contributed by atoms with Gasteiger partial charge >= 0.3 is 0 Å². The third kappa shape index (κ3) is 2.83. The van der Waals surface area contributed by atoms with Crippen LogP contribution in [0.1, 0.15) is 28.6 Å². The summed E-state index contributed by atoms with van der Waals surface area (Å²) in [6, 6.07) is 7.97. The molecular formula is C15H17ClN2S. The van der Waals surface area contributed by atoms with Crippen molar-refractivity contribution in [1.29, 1.82) is 0 Å². The summed E-state index contributed by atoms with van der Waals surface area (Å²) in [4.78, 5) is 6.18. The Morgan fingerprint density at radius 3 is 2.58 bits per heavy atom. The maximum absolute atomic E-state index is 5.94. The Morgan fingerprint density at radius 2 is 1.89 bits per heavy atom. The summed E-state index contributed by atoms with van der Waals surface area (Å²) in [5, 5.41) is 5.47.